The van der Waals surface area contributed by atoms with Crippen molar-refractivity contribution < 1.29 is 18.8 Å². The van der Waals surface area contributed by atoms with Crippen molar-refractivity contribution >= 4 is 51.6 Å². The van der Waals surface area contributed by atoms with Crippen molar-refractivity contribution in [1.29, 1.82) is 0 Å². The summed E-state index contributed by atoms with van der Waals surface area (Å²) in [5.41, 5.74) is 10.1. The van der Waals surface area contributed by atoms with E-state index in [0.29, 0.717) is 35.7 Å². The van der Waals surface area contributed by atoms with Gasteiger partial charge in [0.25, 0.3) is 5.91 Å². The lowest BCUT2D eigenvalue weighted by molar-refractivity contribution is -0.135. The highest BCUT2D eigenvalue weighted by atomic mass is 19.1. The second-order valence-corrected chi connectivity index (χ2v) is 17.4. The summed E-state index contributed by atoms with van der Waals surface area (Å²) >= 11 is 0. The van der Waals surface area contributed by atoms with Crippen molar-refractivity contribution in [2.75, 3.05) is 36.4 Å². The number of nitrogens with one attached hydrogen (secondary N) is 3. The molecule has 3 aromatic carbocycles. The van der Waals surface area contributed by atoms with E-state index in [1.54, 1.807) is 16.1 Å². The third-order valence-electron chi connectivity index (χ3n) is 13.0. The fraction of sp³-hybridized carbons (Fsp3) is 0.312. The molecule has 1 unspecified atom stereocenters. The first kappa shape index (κ1) is 39.6. The molecule has 2 aliphatic carbocycles. The average molecular weight is 860 g/mol. The number of benzene rings is 3. The van der Waals surface area contributed by atoms with Crippen LogP contribution in [-0.2, 0) is 23.2 Å². The number of piperazine rings is 1. The van der Waals surface area contributed by atoms with Gasteiger partial charge in [0.1, 0.15) is 12.2 Å². The first-order chi connectivity index (χ1) is 31.1. The molecule has 15 nitrogen and oxygen atoms in total. The number of anilines is 3. The lowest BCUT2D eigenvalue weighted by atomic mass is 10.0. The van der Waals surface area contributed by atoms with Crippen LogP contribution in [-0.4, -0.2) is 89.7 Å². The van der Waals surface area contributed by atoms with E-state index < -0.39 is 24.2 Å². The van der Waals surface area contributed by atoms with E-state index in [9.17, 15) is 23.6 Å². The first-order valence-corrected chi connectivity index (χ1v) is 21.9. The predicted octanol–water partition coefficient (Wildman–Crippen LogP) is 5.87. The highest BCUT2D eigenvalue weighted by Crippen LogP contribution is 2.43. The van der Waals surface area contributed by atoms with Gasteiger partial charge in [0.05, 0.1) is 29.0 Å². The summed E-state index contributed by atoms with van der Waals surface area (Å²) in [6, 6.07) is 27.4. The molecule has 3 N–H and O–H groups in total. The van der Waals surface area contributed by atoms with Crippen molar-refractivity contribution in [3.8, 4) is 22.4 Å². The molecule has 0 spiro atoms. The maximum atomic E-state index is 13.5. The van der Waals surface area contributed by atoms with Crippen molar-refractivity contribution in [2.24, 2.45) is 7.05 Å². The Morgan fingerprint density at radius 2 is 1.64 bits per heavy atom. The molecule has 0 radical (unpaired) electrons. The van der Waals surface area contributed by atoms with Crippen LogP contribution in [0.1, 0.15) is 65.7 Å². The van der Waals surface area contributed by atoms with Crippen LogP contribution in [0.3, 0.4) is 0 Å². The number of rotatable bonds is 11. The monoisotopic (exact) mass is 859 g/mol. The molecule has 4 fully saturated rings. The first-order valence-electron chi connectivity index (χ1n) is 21.9. The van der Waals surface area contributed by atoms with Crippen LogP contribution in [0.15, 0.2) is 102 Å². The second kappa shape index (κ2) is 15.9. The molecular weight excluding hydrogens is 814 g/mol. The van der Waals surface area contributed by atoms with Gasteiger partial charge in [-0.05, 0) is 90.4 Å². The third-order valence-corrected chi connectivity index (χ3v) is 13.0. The van der Waals surface area contributed by atoms with E-state index in [1.807, 2.05) is 54.7 Å². The number of imidazole rings is 2. The third kappa shape index (κ3) is 7.56. The minimum Gasteiger partial charge on any atom is -0.369 e. The van der Waals surface area contributed by atoms with Gasteiger partial charge >= 0.3 is 5.69 Å². The molecule has 64 heavy (non-hydrogen) atoms. The zero-order valence-electron chi connectivity index (χ0n) is 35.2. The van der Waals surface area contributed by atoms with Gasteiger partial charge in [0, 0.05) is 81.3 Å². The molecule has 11 rings (SSSR count). The van der Waals surface area contributed by atoms with Gasteiger partial charge in [0.15, 0.2) is 17.2 Å². The minimum atomic E-state index is -0.996. The molecule has 2 saturated carbocycles. The quantitative estimate of drug-likeness (QED) is 0.134. The summed E-state index contributed by atoms with van der Waals surface area (Å²) in [6.07, 6.45) is 5.43. The van der Waals surface area contributed by atoms with Crippen LogP contribution in [0.4, 0.5) is 21.6 Å². The lowest BCUT2D eigenvalue weighted by Crippen LogP contribution is -2.45. The van der Waals surface area contributed by atoms with Crippen molar-refractivity contribution in [3.63, 3.8) is 0 Å². The molecule has 2 saturated heterocycles. The highest BCUT2D eigenvalue weighted by molar-refractivity contribution is 6.00. The number of carbonyl (C=O) groups excluding carboxylic acids is 3. The molecule has 4 aromatic heterocycles. The Balaban J connectivity index is 0.713. The Morgan fingerprint density at radius 3 is 2.38 bits per heavy atom. The number of hydrogen-bond donors (Lipinski definition) is 3. The van der Waals surface area contributed by atoms with Crippen molar-refractivity contribution in [1.82, 2.24) is 44.2 Å². The Labute approximate surface area is 366 Å². The van der Waals surface area contributed by atoms with E-state index in [1.165, 1.54) is 10.8 Å². The summed E-state index contributed by atoms with van der Waals surface area (Å²) in [5.74, 6) is -0.167. The smallest absolute Gasteiger partial charge is 0.329 e. The molecule has 6 heterocycles. The zero-order chi connectivity index (χ0) is 43.6. The van der Waals surface area contributed by atoms with E-state index in [2.05, 4.69) is 67.1 Å². The van der Waals surface area contributed by atoms with E-state index in [-0.39, 0.29) is 29.6 Å². The van der Waals surface area contributed by atoms with E-state index in [0.717, 1.165) is 96.0 Å². The number of nitrogens with zero attached hydrogens (tertiary/aromatic N) is 8. The van der Waals surface area contributed by atoms with Crippen LogP contribution < -0.4 is 26.5 Å². The van der Waals surface area contributed by atoms with Gasteiger partial charge < -0.3 is 15.5 Å². The predicted molar refractivity (Wildman–Crippen MR) is 240 cm³/mol. The minimum absolute atomic E-state index is 0.202. The van der Waals surface area contributed by atoms with Crippen LogP contribution >= 0.6 is 0 Å². The van der Waals surface area contributed by atoms with Gasteiger partial charge in [-0.3, -0.25) is 38.7 Å². The summed E-state index contributed by atoms with van der Waals surface area (Å²) < 4.78 is 18.2. The van der Waals surface area contributed by atoms with Crippen LogP contribution in [0.5, 0.6) is 0 Å². The van der Waals surface area contributed by atoms with Gasteiger partial charge in [-0.2, -0.15) is 0 Å². The fourth-order valence-corrected chi connectivity index (χ4v) is 9.11. The van der Waals surface area contributed by atoms with Gasteiger partial charge in [0.2, 0.25) is 11.8 Å². The van der Waals surface area contributed by atoms with Crippen molar-refractivity contribution in [3.05, 3.63) is 125 Å². The standard InChI is InChI=1S/C48H46FN11O4/c1-56-41-22-31(10-14-39(41)59(48(56)64)40-15-16-44(61)54-46(40)62)29-8-11-34(12-9-29)58-19-17-57(18-20-58)27-28-5-13-37(50-25-28)32-3-2-4-33(21-32)52-43-23-35(30-6-7-30)45-51-26-42(60(45)55-43)47(63)53-38-24-36(38)49/h2-5,8-14,21-23,25-26,30,36,38,40H,6-7,15-20,24,27H2,1H3,(H,52,55)(H,53,63)(H,54,61,62)/t36-,38+,40?/m0/s1. The number of halogens is 1. The summed E-state index contributed by atoms with van der Waals surface area (Å²) in [4.78, 5) is 64.8. The molecule has 0 bridgehead atoms. The maximum Gasteiger partial charge on any atom is 0.329 e. The molecule has 4 aliphatic rings. The number of piperidine rings is 1. The Hall–Kier alpha value is -7.20. The number of pyridine rings is 1. The van der Waals surface area contributed by atoms with Crippen LogP contribution in [0, 0.1) is 0 Å². The molecule has 324 valence electrons. The molecule has 7 aromatic rings. The lowest BCUT2D eigenvalue weighted by Gasteiger charge is -2.36. The summed E-state index contributed by atoms with van der Waals surface area (Å²) in [6.45, 7) is 4.42. The van der Waals surface area contributed by atoms with Gasteiger partial charge in [-0.1, -0.05) is 36.4 Å². The number of aryl methyl sites for hydroxylation is 1. The zero-order valence-corrected chi connectivity index (χ0v) is 35.2. The molecule has 16 heteroatoms. The number of alkyl halides is 1. The van der Waals surface area contributed by atoms with Gasteiger partial charge in [-0.15, -0.1) is 5.10 Å². The highest BCUT2D eigenvalue weighted by Gasteiger charge is 2.39. The SMILES string of the molecule is Cn1c(=O)n(C2CCC(=O)NC2=O)c2ccc(-c3ccc(N4CCN(Cc5ccc(-c6cccc(Nc7cc(C8CC8)c8ncc(C(=O)N[C@@H]9C[C@@H]9F)n8n7)c6)nc5)CC4)cc3)cc21. The summed E-state index contributed by atoms with van der Waals surface area (Å²) in [7, 11) is 1.71. The number of imide groups is 1. The largest absolute Gasteiger partial charge is 0.369 e. The molecule has 2 aliphatic heterocycles. The second-order valence-electron chi connectivity index (χ2n) is 17.4. The Bertz CT molecular complexity index is 3040. The Morgan fingerprint density at radius 1 is 0.844 bits per heavy atom. The van der Waals surface area contributed by atoms with Crippen LogP contribution in [0.2, 0.25) is 0 Å². The van der Waals surface area contributed by atoms with Crippen molar-refractivity contribution in [2.45, 2.75) is 62.8 Å². The van der Waals surface area contributed by atoms with Crippen LogP contribution in [0.25, 0.3) is 39.1 Å². The van der Waals surface area contributed by atoms with Gasteiger partial charge in [-0.25, -0.2) is 18.7 Å². The average Bonchev–Trinajstić information content (AvgIpc) is 4.22. The maximum absolute atomic E-state index is 13.5. The topological polar surface area (TPSA) is 164 Å². The molecular formula is C48H46FN11O4. The number of carbonyl (C=O) groups is 3. The number of fused-ring (bicyclic) bond motifs is 2. The Kier molecular flexibility index (Phi) is 9.82. The number of aromatic nitrogens is 6. The fourth-order valence-electron chi connectivity index (χ4n) is 9.11. The summed E-state index contributed by atoms with van der Waals surface area (Å²) in [5, 5.41) is 13.3. The van der Waals surface area contributed by atoms with E-state index >= 15 is 0 Å². The number of hydrogen-bond acceptors (Lipinski definition) is 10. The normalized spacial score (nSPS) is 20.2. The molecule has 3 amide bonds. The van der Waals surface area contributed by atoms with E-state index in [4.69, 9.17) is 10.1 Å². The number of amides is 3. The molecule has 3 atom stereocenters.